The van der Waals surface area contributed by atoms with Crippen LogP contribution in [-0.2, 0) is 0 Å². The molecule has 29 heavy (non-hydrogen) atoms. The molecular formula is C26H18BNO. The van der Waals surface area contributed by atoms with E-state index in [9.17, 15) is 0 Å². The van der Waals surface area contributed by atoms with Gasteiger partial charge >= 0.3 is 0 Å². The number of hydrogen-bond donors (Lipinski definition) is 1. The first-order chi connectivity index (χ1) is 14.3. The van der Waals surface area contributed by atoms with Gasteiger partial charge in [-0.15, -0.1) is 0 Å². The number of hydrogen-bond acceptors (Lipinski definition) is 1. The van der Waals surface area contributed by atoms with Gasteiger partial charge in [0.25, 0.3) is 0 Å². The van der Waals surface area contributed by atoms with E-state index >= 15 is 0 Å². The van der Waals surface area contributed by atoms with Crippen LogP contribution in [0.2, 0.25) is 0 Å². The van der Waals surface area contributed by atoms with Gasteiger partial charge in [-0.3, -0.25) is 0 Å². The lowest BCUT2D eigenvalue weighted by Crippen LogP contribution is -2.16. The fourth-order valence-corrected chi connectivity index (χ4v) is 5.35. The van der Waals surface area contributed by atoms with Crippen molar-refractivity contribution in [1.29, 1.82) is 0 Å². The number of benzene rings is 4. The van der Waals surface area contributed by atoms with Gasteiger partial charge in [0.2, 0.25) is 0 Å². The van der Waals surface area contributed by atoms with Crippen LogP contribution in [0.15, 0.2) is 65.1 Å². The Morgan fingerprint density at radius 1 is 0.724 bits per heavy atom. The summed E-state index contributed by atoms with van der Waals surface area (Å²) in [5.74, 6) is 0.516. The number of nitrogens with one attached hydrogen (secondary N) is 1. The van der Waals surface area contributed by atoms with Crippen LogP contribution in [0.5, 0.6) is 0 Å². The quantitative estimate of drug-likeness (QED) is 0.262. The Kier molecular flexibility index (Phi) is 2.95. The number of rotatable bonds is 1. The summed E-state index contributed by atoms with van der Waals surface area (Å²) in [6, 6.07) is 21.7. The zero-order chi connectivity index (χ0) is 19.1. The second kappa shape index (κ2) is 5.45. The molecule has 1 aliphatic carbocycles. The van der Waals surface area contributed by atoms with Crippen molar-refractivity contribution in [3.05, 3.63) is 66.2 Å². The second-order valence-electron chi connectivity index (χ2n) is 8.34. The molecule has 1 N–H and O–H groups in total. The van der Waals surface area contributed by atoms with Crippen molar-refractivity contribution in [2.45, 2.75) is 25.2 Å². The molecule has 3 heteroatoms. The largest absolute Gasteiger partial charge is 0.472 e. The Bertz CT molecular complexity index is 1600. The summed E-state index contributed by atoms with van der Waals surface area (Å²) in [5, 5.41) is 8.83. The summed E-state index contributed by atoms with van der Waals surface area (Å²) < 4.78 is 5.99. The molecule has 2 aromatic heterocycles. The zero-order valence-electron chi connectivity index (χ0n) is 16.0. The molecule has 0 amide bonds. The van der Waals surface area contributed by atoms with Gasteiger partial charge in [-0.25, -0.2) is 0 Å². The maximum absolute atomic E-state index is 6.35. The van der Waals surface area contributed by atoms with Gasteiger partial charge in [0.05, 0.1) is 16.7 Å². The summed E-state index contributed by atoms with van der Waals surface area (Å²) >= 11 is 0. The average Bonchev–Trinajstić information content (AvgIpc) is 3.25. The van der Waals surface area contributed by atoms with Gasteiger partial charge in [-0.2, -0.15) is 0 Å². The minimum absolute atomic E-state index is 0.516. The number of fused-ring (bicyclic) bond motifs is 10. The summed E-state index contributed by atoms with van der Waals surface area (Å²) in [6.07, 6.45) is 3.66. The van der Waals surface area contributed by atoms with E-state index in [1.165, 1.54) is 68.0 Å². The highest BCUT2D eigenvalue weighted by atomic mass is 16.3. The van der Waals surface area contributed by atoms with Crippen molar-refractivity contribution in [1.82, 2.24) is 4.98 Å². The van der Waals surface area contributed by atoms with E-state index in [-0.39, 0.29) is 0 Å². The van der Waals surface area contributed by atoms with Crippen LogP contribution in [0, 0.1) is 0 Å². The maximum atomic E-state index is 6.35. The Morgan fingerprint density at radius 3 is 2.10 bits per heavy atom. The van der Waals surface area contributed by atoms with E-state index in [4.69, 9.17) is 12.3 Å². The molecule has 1 saturated carbocycles. The summed E-state index contributed by atoms with van der Waals surface area (Å²) in [5.41, 5.74) is 5.03. The minimum Gasteiger partial charge on any atom is -0.472 e. The molecule has 2 nitrogen and oxygen atoms in total. The van der Waals surface area contributed by atoms with Crippen LogP contribution in [0.4, 0.5) is 0 Å². The fourth-order valence-electron chi connectivity index (χ4n) is 5.35. The normalized spacial score (nSPS) is 15.2. The molecule has 2 radical (unpaired) electrons. The molecule has 0 atom stereocenters. The number of furan rings is 1. The van der Waals surface area contributed by atoms with Crippen molar-refractivity contribution in [3.63, 3.8) is 0 Å². The lowest BCUT2D eigenvalue weighted by Gasteiger charge is -2.25. The minimum atomic E-state index is 0.516. The molecule has 4 aromatic carbocycles. The smallest absolute Gasteiger partial charge is 0.168 e. The number of aromatic amines is 1. The highest BCUT2D eigenvalue weighted by molar-refractivity contribution is 6.36. The van der Waals surface area contributed by atoms with Crippen LogP contribution < -0.4 is 5.66 Å². The highest BCUT2D eigenvalue weighted by Crippen LogP contribution is 2.45. The molecule has 1 aliphatic rings. The maximum Gasteiger partial charge on any atom is 0.168 e. The third kappa shape index (κ3) is 1.93. The first kappa shape index (κ1) is 15.7. The van der Waals surface area contributed by atoms with E-state index in [1.807, 2.05) is 0 Å². The Hall–Kier alpha value is -3.20. The van der Waals surface area contributed by atoms with Crippen LogP contribution in [-0.4, -0.2) is 12.8 Å². The molecule has 6 aromatic rings. The molecular weight excluding hydrogens is 353 g/mol. The van der Waals surface area contributed by atoms with Crippen molar-refractivity contribution in [3.8, 4) is 0 Å². The first-order valence-corrected chi connectivity index (χ1v) is 10.4. The van der Waals surface area contributed by atoms with Gasteiger partial charge in [-0.05, 0) is 52.6 Å². The molecule has 1 fully saturated rings. The molecule has 0 saturated heterocycles. The van der Waals surface area contributed by atoms with Gasteiger partial charge in [0.1, 0.15) is 5.58 Å². The summed E-state index contributed by atoms with van der Waals surface area (Å²) in [6.45, 7) is 0. The Labute approximate surface area is 168 Å². The van der Waals surface area contributed by atoms with E-state index < -0.39 is 0 Å². The molecule has 136 valence electrons. The molecule has 0 aliphatic heterocycles. The van der Waals surface area contributed by atoms with Crippen molar-refractivity contribution >= 4 is 67.8 Å². The SMILES string of the molecule is [B]c1oc2ccc3c([nH]c4c5ccccc5c5ccccc5c34)c2c1C1CCC1. The fraction of sp³-hybridized carbons (Fsp3) is 0.154. The predicted octanol–water partition coefficient (Wildman–Crippen LogP) is 6.44. The molecule has 0 spiro atoms. The van der Waals surface area contributed by atoms with Crippen LogP contribution in [0.1, 0.15) is 30.7 Å². The van der Waals surface area contributed by atoms with E-state index in [2.05, 4.69) is 65.6 Å². The molecule has 2 heterocycles. The highest BCUT2D eigenvalue weighted by Gasteiger charge is 2.27. The van der Waals surface area contributed by atoms with Gasteiger partial charge in [-0.1, -0.05) is 55.0 Å². The van der Waals surface area contributed by atoms with Crippen molar-refractivity contribution < 1.29 is 4.42 Å². The Balaban J connectivity index is 1.76. The lowest BCUT2D eigenvalue weighted by molar-refractivity contribution is 0.421. The zero-order valence-corrected chi connectivity index (χ0v) is 16.0. The first-order valence-electron chi connectivity index (χ1n) is 10.4. The molecule has 0 unspecified atom stereocenters. The standard InChI is InChI=1S/C26H18BNO/c27-26-21(14-6-5-7-14)23-20(29-26)13-12-19-22-17-10-3-1-8-15(17)16-9-2-4-11-18(16)24(22)28-25(19)23/h1-4,8-14,28H,5-7H2. The van der Waals surface area contributed by atoms with E-state index in [1.54, 1.807) is 0 Å². The second-order valence-corrected chi connectivity index (χ2v) is 8.34. The van der Waals surface area contributed by atoms with E-state index in [0.717, 1.165) is 11.1 Å². The number of H-pyrrole nitrogens is 1. The van der Waals surface area contributed by atoms with E-state index in [0.29, 0.717) is 11.6 Å². The van der Waals surface area contributed by atoms with Crippen LogP contribution in [0.3, 0.4) is 0 Å². The lowest BCUT2D eigenvalue weighted by atomic mass is 9.76. The van der Waals surface area contributed by atoms with Crippen LogP contribution >= 0.6 is 0 Å². The summed E-state index contributed by atoms with van der Waals surface area (Å²) in [7, 11) is 6.35. The van der Waals surface area contributed by atoms with Crippen LogP contribution in [0.25, 0.3) is 54.3 Å². The number of aromatic nitrogens is 1. The predicted molar refractivity (Wildman–Crippen MR) is 123 cm³/mol. The van der Waals surface area contributed by atoms with Gasteiger partial charge in [0.15, 0.2) is 7.85 Å². The summed E-state index contributed by atoms with van der Waals surface area (Å²) in [4.78, 5) is 3.80. The van der Waals surface area contributed by atoms with Gasteiger partial charge < -0.3 is 9.40 Å². The topological polar surface area (TPSA) is 28.9 Å². The Morgan fingerprint density at radius 2 is 1.38 bits per heavy atom. The third-order valence-corrected chi connectivity index (χ3v) is 6.89. The van der Waals surface area contributed by atoms with Gasteiger partial charge in [0, 0.05) is 21.5 Å². The van der Waals surface area contributed by atoms with Crippen molar-refractivity contribution in [2.24, 2.45) is 0 Å². The monoisotopic (exact) mass is 371 g/mol. The average molecular weight is 371 g/mol. The third-order valence-electron chi connectivity index (χ3n) is 6.89. The van der Waals surface area contributed by atoms with Crippen molar-refractivity contribution in [2.75, 3.05) is 0 Å². The molecule has 7 rings (SSSR count). The molecule has 0 bridgehead atoms.